The number of ketones is 1. The van der Waals surface area contributed by atoms with Crippen molar-refractivity contribution in [1.82, 2.24) is 15.2 Å². The number of hydrogen-bond donors (Lipinski definition) is 2. The van der Waals surface area contributed by atoms with Gasteiger partial charge in [-0.05, 0) is 47.1 Å². The van der Waals surface area contributed by atoms with Crippen LogP contribution in [0.25, 0.3) is 0 Å². The van der Waals surface area contributed by atoms with Crippen molar-refractivity contribution in [1.29, 1.82) is 0 Å². The molecule has 0 saturated carbocycles. The predicted octanol–water partition coefficient (Wildman–Crippen LogP) is 2.43. The number of methoxy groups -OCH3 is 1. The van der Waals surface area contributed by atoms with Gasteiger partial charge in [0.05, 0.1) is 13.7 Å². The van der Waals surface area contributed by atoms with Crippen LogP contribution >= 0.6 is 0 Å². The van der Waals surface area contributed by atoms with E-state index in [2.05, 4.69) is 10.3 Å². The Kier molecular flexibility index (Phi) is 6.17. The molecule has 0 bridgehead atoms. The summed E-state index contributed by atoms with van der Waals surface area (Å²) < 4.78 is 4.70. The number of amides is 2. The number of nitrogens with zero attached hydrogens (tertiary/aromatic N) is 1. The zero-order valence-electron chi connectivity index (χ0n) is 15.5. The van der Waals surface area contributed by atoms with E-state index in [1.165, 1.54) is 12.0 Å². The van der Waals surface area contributed by atoms with Crippen LogP contribution in [0.1, 0.15) is 59.8 Å². The van der Waals surface area contributed by atoms with E-state index in [9.17, 15) is 14.4 Å². The first-order valence-electron chi connectivity index (χ1n) is 7.89. The number of esters is 1. The molecule has 0 unspecified atom stereocenters. The van der Waals surface area contributed by atoms with Crippen molar-refractivity contribution < 1.29 is 19.1 Å². The summed E-state index contributed by atoms with van der Waals surface area (Å²) in [4.78, 5) is 41.0. The molecule has 0 aromatic carbocycles. The molecule has 0 aliphatic heterocycles. The van der Waals surface area contributed by atoms with E-state index in [4.69, 9.17) is 4.74 Å². The number of H-pyrrole nitrogens is 1. The summed E-state index contributed by atoms with van der Waals surface area (Å²) in [5.74, 6) is -0.741. The van der Waals surface area contributed by atoms with Crippen LogP contribution in [0.5, 0.6) is 0 Å². The molecule has 7 nitrogen and oxygen atoms in total. The Morgan fingerprint density at radius 1 is 1.21 bits per heavy atom. The smallest absolute Gasteiger partial charge is 0.354 e. The van der Waals surface area contributed by atoms with E-state index in [-0.39, 0.29) is 29.6 Å². The topological polar surface area (TPSA) is 91.5 Å². The molecule has 1 rings (SSSR count). The van der Waals surface area contributed by atoms with Gasteiger partial charge in [0.2, 0.25) is 0 Å². The number of carbonyl (C=O) groups is 3. The number of likely N-dealkylation sites (N-methyl/N-ethyl adjacent to an activating group) is 1. The molecule has 0 atom stereocenters. The second-order valence-corrected chi connectivity index (χ2v) is 6.73. The minimum Gasteiger partial charge on any atom is -0.464 e. The Morgan fingerprint density at radius 3 is 2.25 bits per heavy atom. The molecule has 2 amide bonds. The molecule has 0 radical (unpaired) electrons. The first kappa shape index (κ1) is 19.7. The summed E-state index contributed by atoms with van der Waals surface area (Å²) in [6.45, 7) is 11.2. The number of aryl methyl sites for hydroxylation is 1. The molecular formula is C17H27N3O4. The third kappa shape index (κ3) is 4.59. The maximum absolute atomic E-state index is 12.7. The van der Waals surface area contributed by atoms with Gasteiger partial charge >= 0.3 is 12.0 Å². The van der Waals surface area contributed by atoms with Crippen LogP contribution in [-0.4, -0.2) is 53.4 Å². The van der Waals surface area contributed by atoms with Crippen molar-refractivity contribution >= 4 is 17.8 Å². The Hall–Kier alpha value is -2.31. The highest BCUT2D eigenvalue weighted by Gasteiger charge is 2.26. The molecule has 7 heteroatoms. The quantitative estimate of drug-likeness (QED) is 0.637. The fourth-order valence-corrected chi connectivity index (χ4v) is 2.45. The zero-order valence-corrected chi connectivity index (χ0v) is 15.5. The molecule has 0 fully saturated rings. The first-order chi connectivity index (χ1) is 11.0. The normalized spacial score (nSPS) is 11.1. The second kappa shape index (κ2) is 7.51. The fourth-order valence-electron chi connectivity index (χ4n) is 2.45. The van der Waals surface area contributed by atoms with Crippen LogP contribution in [0.15, 0.2) is 0 Å². The highest BCUT2D eigenvalue weighted by atomic mass is 16.5. The van der Waals surface area contributed by atoms with Gasteiger partial charge in [0.1, 0.15) is 5.69 Å². The van der Waals surface area contributed by atoms with Crippen LogP contribution in [0, 0.1) is 13.8 Å². The highest BCUT2D eigenvalue weighted by molar-refractivity contribution is 6.04. The van der Waals surface area contributed by atoms with E-state index in [0.717, 1.165) is 0 Å². The number of ether oxygens (including phenoxy) is 1. The van der Waals surface area contributed by atoms with E-state index in [1.807, 2.05) is 27.7 Å². The Morgan fingerprint density at radius 2 is 1.79 bits per heavy atom. The summed E-state index contributed by atoms with van der Waals surface area (Å²) in [6, 6.07) is -0.294. The monoisotopic (exact) mass is 337 g/mol. The number of hydrogen-bond acceptors (Lipinski definition) is 4. The van der Waals surface area contributed by atoms with Gasteiger partial charge in [0, 0.05) is 23.3 Å². The highest BCUT2D eigenvalue weighted by Crippen LogP contribution is 2.19. The molecule has 2 N–H and O–H groups in total. The molecule has 1 aromatic rings. The van der Waals surface area contributed by atoms with Gasteiger partial charge in [-0.3, -0.25) is 4.79 Å². The van der Waals surface area contributed by atoms with Crippen LogP contribution in [0.3, 0.4) is 0 Å². The van der Waals surface area contributed by atoms with Crippen LogP contribution in [-0.2, 0) is 4.74 Å². The van der Waals surface area contributed by atoms with Gasteiger partial charge in [0.15, 0.2) is 5.78 Å². The van der Waals surface area contributed by atoms with Crippen molar-refractivity contribution in [2.75, 3.05) is 20.2 Å². The van der Waals surface area contributed by atoms with Crippen molar-refractivity contribution in [3.63, 3.8) is 0 Å². The lowest BCUT2D eigenvalue weighted by Crippen LogP contribution is -2.49. The number of aromatic amines is 1. The van der Waals surface area contributed by atoms with Gasteiger partial charge in [-0.1, -0.05) is 0 Å². The lowest BCUT2D eigenvalue weighted by Gasteiger charge is -2.27. The molecule has 0 aliphatic carbocycles. The summed E-state index contributed by atoms with van der Waals surface area (Å²) in [5, 5.41) is 2.84. The molecule has 0 spiro atoms. The Balaban J connectivity index is 3.00. The minimum atomic E-state index is -0.521. The van der Waals surface area contributed by atoms with Gasteiger partial charge in [0.25, 0.3) is 0 Å². The standard InChI is InChI=1S/C17H27N3O4/c1-8-20(16(23)19-17(4,5)6)9-12(21)13-10(2)14(15(22)24-7)18-11(13)3/h18H,8-9H2,1-7H3,(H,19,23). The lowest BCUT2D eigenvalue weighted by molar-refractivity contribution is 0.0593. The van der Waals surface area contributed by atoms with Gasteiger partial charge in [-0.15, -0.1) is 0 Å². The summed E-state index contributed by atoms with van der Waals surface area (Å²) in [5.41, 5.74) is 1.44. The number of urea groups is 1. The lowest BCUT2D eigenvalue weighted by atomic mass is 10.1. The molecule has 0 saturated heterocycles. The van der Waals surface area contributed by atoms with Gasteiger partial charge < -0.3 is 19.9 Å². The summed E-state index contributed by atoms with van der Waals surface area (Å²) in [6.07, 6.45) is 0. The second-order valence-electron chi connectivity index (χ2n) is 6.73. The molecule has 1 heterocycles. The third-order valence-corrected chi connectivity index (χ3v) is 3.59. The van der Waals surface area contributed by atoms with Crippen molar-refractivity contribution in [3.8, 4) is 0 Å². The number of aromatic nitrogens is 1. The summed E-state index contributed by atoms with van der Waals surface area (Å²) in [7, 11) is 1.29. The average Bonchev–Trinajstić information content (AvgIpc) is 2.76. The van der Waals surface area contributed by atoms with Crippen LogP contribution < -0.4 is 5.32 Å². The van der Waals surface area contributed by atoms with Crippen molar-refractivity contribution in [2.24, 2.45) is 0 Å². The Bertz CT molecular complexity index is 641. The van der Waals surface area contributed by atoms with E-state index >= 15 is 0 Å². The van der Waals surface area contributed by atoms with Crippen LogP contribution in [0.2, 0.25) is 0 Å². The zero-order chi connectivity index (χ0) is 18.7. The van der Waals surface area contributed by atoms with E-state index < -0.39 is 5.97 Å². The molecule has 134 valence electrons. The minimum absolute atomic E-state index is 0.0570. The average molecular weight is 337 g/mol. The molecule has 24 heavy (non-hydrogen) atoms. The maximum Gasteiger partial charge on any atom is 0.354 e. The van der Waals surface area contributed by atoms with Gasteiger partial charge in [-0.25, -0.2) is 9.59 Å². The SMILES string of the molecule is CCN(CC(=O)c1c(C)[nH]c(C(=O)OC)c1C)C(=O)NC(C)(C)C. The molecule has 1 aromatic heterocycles. The number of rotatable bonds is 5. The third-order valence-electron chi connectivity index (χ3n) is 3.59. The fraction of sp³-hybridized carbons (Fsp3) is 0.588. The first-order valence-corrected chi connectivity index (χ1v) is 7.89. The summed E-state index contributed by atoms with van der Waals surface area (Å²) >= 11 is 0. The molecule has 0 aliphatic rings. The number of carbonyl (C=O) groups excluding carboxylic acids is 3. The number of Topliss-reactive ketones (excluding diaryl/α,β-unsaturated/α-hetero) is 1. The van der Waals surface area contributed by atoms with Crippen molar-refractivity contribution in [2.45, 2.75) is 47.1 Å². The van der Waals surface area contributed by atoms with Gasteiger partial charge in [-0.2, -0.15) is 0 Å². The van der Waals surface area contributed by atoms with Crippen LogP contribution in [0.4, 0.5) is 4.79 Å². The molecular weight excluding hydrogens is 310 g/mol. The van der Waals surface area contributed by atoms with E-state index in [0.29, 0.717) is 23.4 Å². The van der Waals surface area contributed by atoms with Crippen molar-refractivity contribution in [3.05, 3.63) is 22.5 Å². The Labute approximate surface area is 142 Å². The number of nitrogens with one attached hydrogen (secondary N) is 2. The maximum atomic E-state index is 12.7. The largest absolute Gasteiger partial charge is 0.464 e. The van der Waals surface area contributed by atoms with E-state index in [1.54, 1.807) is 13.8 Å². The predicted molar refractivity (Wildman–Crippen MR) is 91.5 cm³/mol.